The number of thiazole rings is 1. The fraction of sp³-hybridized carbons (Fsp3) is 0.261. The van der Waals surface area contributed by atoms with Crippen LogP contribution in [-0.2, 0) is 6.42 Å². The number of aryl methyl sites for hydroxylation is 1. The van der Waals surface area contributed by atoms with Gasteiger partial charge in [-0.25, -0.2) is 9.37 Å². The first kappa shape index (κ1) is 23.2. The molecule has 1 heterocycles. The van der Waals surface area contributed by atoms with Gasteiger partial charge in [0.25, 0.3) is 11.8 Å². The number of nitrogens with zero attached hydrogens (tertiary/aromatic N) is 1. The zero-order valence-corrected chi connectivity index (χ0v) is 18.8. The molecule has 2 amide bonds. The second kappa shape index (κ2) is 10.7. The number of hydrazine groups is 1. The molecule has 0 saturated carbocycles. The van der Waals surface area contributed by atoms with E-state index >= 15 is 0 Å². The summed E-state index contributed by atoms with van der Waals surface area (Å²) in [6.07, 6.45) is 1.33. The van der Waals surface area contributed by atoms with E-state index in [2.05, 4.69) is 15.8 Å². The fourth-order valence-electron chi connectivity index (χ4n) is 2.90. The van der Waals surface area contributed by atoms with Gasteiger partial charge in [-0.05, 0) is 49.2 Å². The van der Waals surface area contributed by atoms with Crippen LogP contribution in [0.2, 0.25) is 0 Å². The lowest BCUT2D eigenvalue weighted by Gasteiger charge is -2.12. The molecule has 0 atom stereocenters. The van der Waals surface area contributed by atoms with Crippen LogP contribution >= 0.6 is 11.3 Å². The normalized spacial score (nSPS) is 10.5. The van der Waals surface area contributed by atoms with Gasteiger partial charge in [0, 0.05) is 12.0 Å². The number of methoxy groups -OCH3 is 1. The van der Waals surface area contributed by atoms with E-state index in [4.69, 9.17) is 9.47 Å². The second-order valence-corrected chi connectivity index (χ2v) is 8.03. The Bertz CT molecular complexity index is 1100. The molecule has 168 valence electrons. The van der Waals surface area contributed by atoms with E-state index < -0.39 is 11.8 Å². The summed E-state index contributed by atoms with van der Waals surface area (Å²) in [6, 6.07) is 10.9. The summed E-state index contributed by atoms with van der Waals surface area (Å²) in [7, 11) is 1.49. The Balaban J connectivity index is 1.62. The number of halogens is 1. The van der Waals surface area contributed by atoms with Crippen LogP contribution in [0.15, 0.2) is 42.5 Å². The van der Waals surface area contributed by atoms with Crippen molar-refractivity contribution in [3.8, 4) is 11.5 Å². The summed E-state index contributed by atoms with van der Waals surface area (Å²) in [4.78, 5) is 29.8. The van der Waals surface area contributed by atoms with Gasteiger partial charge < -0.3 is 9.47 Å². The molecule has 3 rings (SSSR count). The minimum atomic E-state index is -0.493. The van der Waals surface area contributed by atoms with Gasteiger partial charge in [-0.15, -0.1) is 11.3 Å². The Morgan fingerprint density at radius 3 is 2.47 bits per heavy atom. The standard InChI is InChI=1S/C23H24FN3O4S/c1-4-11-31-18-10-7-16(13-19(18)30-3)22(28)26-27-23(29)21-14(2)25-20(32-21)12-15-5-8-17(24)9-6-15/h5-10,13H,4,11-12H2,1-3H3,(H,26,28)(H,27,29). The Morgan fingerprint density at radius 1 is 1.06 bits per heavy atom. The highest BCUT2D eigenvalue weighted by atomic mass is 32.1. The van der Waals surface area contributed by atoms with Crippen molar-refractivity contribution >= 4 is 23.2 Å². The molecular formula is C23H24FN3O4S. The van der Waals surface area contributed by atoms with E-state index in [9.17, 15) is 14.0 Å². The molecular weight excluding hydrogens is 433 g/mol. The average Bonchev–Trinajstić information content (AvgIpc) is 3.17. The van der Waals surface area contributed by atoms with Crippen molar-refractivity contribution in [2.45, 2.75) is 26.7 Å². The molecule has 0 aliphatic heterocycles. The first-order valence-corrected chi connectivity index (χ1v) is 10.8. The largest absolute Gasteiger partial charge is 0.493 e. The molecule has 0 bridgehead atoms. The van der Waals surface area contributed by atoms with Crippen LogP contribution in [0.25, 0.3) is 0 Å². The predicted molar refractivity (Wildman–Crippen MR) is 120 cm³/mol. The monoisotopic (exact) mass is 457 g/mol. The number of carbonyl (C=O) groups is 2. The molecule has 32 heavy (non-hydrogen) atoms. The van der Waals surface area contributed by atoms with E-state index in [1.165, 1.54) is 30.6 Å². The number of amides is 2. The van der Waals surface area contributed by atoms with Crippen LogP contribution in [0.5, 0.6) is 11.5 Å². The lowest BCUT2D eigenvalue weighted by molar-refractivity contribution is 0.0848. The van der Waals surface area contributed by atoms with Gasteiger partial charge in [-0.1, -0.05) is 19.1 Å². The number of carbonyl (C=O) groups excluding carboxylic acids is 2. The van der Waals surface area contributed by atoms with Gasteiger partial charge in [0.1, 0.15) is 10.7 Å². The summed E-state index contributed by atoms with van der Waals surface area (Å²) < 4.78 is 23.9. The maximum Gasteiger partial charge on any atom is 0.281 e. The Labute approximate surface area is 189 Å². The predicted octanol–water partition coefficient (Wildman–Crippen LogP) is 4.05. The van der Waals surface area contributed by atoms with Gasteiger partial charge in [0.15, 0.2) is 11.5 Å². The Hall–Kier alpha value is -3.46. The van der Waals surface area contributed by atoms with Crippen LogP contribution in [0.3, 0.4) is 0 Å². The topological polar surface area (TPSA) is 89.6 Å². The molecule has 9 heteroatoms. The molecule has 7 nitrogen and oxygen atoms in total. The minimum Gasteiger partial charge on any atom is -0.493 e. The maximum absolute atomic E-state index is 13.1. The first-order chi connectivity index (χ1) is 15.4. The van der Waals surface area contributed by atoms with Crippen molar-refractivity contribution in [3.63, 3.8) is 0 Å². The molecule has 0 saturated heterocycles. The summed E-state index contributed by atoms with van der Waals surface area (Å²) >= 11 is 1.22. The van der Waals surface area contributed by atoms with E-state index in [1.807, 2.05) is 6.92 Å². The fourth-order valence-corrected chi connectivity index (χ4v) is 3.89. The number of hydrogen-bond acceptors (Lipinski definition) is 6. The molecule has 1 aromatic heterocycles. The van der Waals surface area contributed by atoms with Gasteiger partial charge in [0.2, 0.25) is 0 Å². The number of rotatable bonds is 8. The highest BCUT2D eigenvalue weighted by Crippen LogP contribution is 2.28. The summed E-state index contributed by atoms with van der Waals surface area (Å²) in [5, 5.41) is 0.720. The third-order valence-electron chi connectivity index (χ3n) is 4.49. The van der Waals surface area contributed by atoms with Gasteiger partial charge >= 0.3 is 0 Å². The molecule has 0 fully saturated rings. The summed E-state index contributed by atoms with van der Waals surface area (Å²) in [5.41, 5.74) is 6.58. The van der Waals surface area contributed by atoms with E-state index in [0.717, 1.165) is 17.0 Å². The Kier molecular flexibility index (Phi) is 7.77. The van der Waals surface area contributed by atoms with E-state index in [1.54, 1.807) is 37.3 Å². The molecule has 2 aromatic carbocycles. The smallest absolute Gasteiger partial charge is 0.281 e. The van der Waals surface area contributed by atoms with Crippen molar-refractivity contribution < 1.29 is 23.5 Å². The molecule has 0 radical (unpaired) electrons. The third-order valence-corrected chi connectivity index (χ3v) is 5.65. The lowest BCUT2D eigenvalue weighted by Crippen LogP contribution is -2.41. The van der Waals surface area contributed by atoms with E-state index in [0.29, 0.717) is 40.7 Å². The van der Waals surface area contributed by atoms with Crippen molar-refractivity contribution in [1.82, 2.24) is 15.8 Å². The SMILES string of the molecule is CCCOc1ccc(C(=O)NNC(=O)c2sc(Cc3ccc(F)cc3)nc2C)cc1OC. The quantitative estimate of drug-likeness (QED) is 0.498. The average molecular weight is 458 g/mol. The van der Waals surface area contributed by atoms with E-state index in [-0.39, 0.29) is 5.82 Å². The minimum absolute atomic E-state index is 0.305. The molecule has 0 aliphatic carbocycles. The van der Waals surface area contributed by atoms with Crippen molar-refractivity contribution in [1.29, 1.82) is 0 Å². The van der Waals surface area contributed by atoms with Crippen LogP contribution in [-0.4, -0.2) is 30.5 Å². The number of nitrogens with one attached hydrogen (secondary N) is 2. The summed E-state index contributed by atoms with van der Waals surface area (Å²) in [5.74, 6) is -0.286. The maximum atomic E-state index is 13.1. The zero-order valence-electron chi connectivity index (χ0n) is 18.0. The van der Waals surface area contributed by atoms with Gasteiger partial charge in [-0.3, -0.25) is 20.4 Å². The first-order valence-electron chi connectivity index (χ1n) is 10.0. The highest BCUT2D eigenvalue weighted by molar-refractivity contribution is 7.13. The second-order valence-electron chi connectivity index (χ2n) is 6.95. The van der Waals surface area contributed by atoms with Gasteiger partial charge in [-0.2, -0.15) is 0 Å². The lowest BCUT2D eigenvalue weighted by atomic mass is 10.1. The zero-order chi connectivity index (χ0) is 23.1. The molecule has 0 aliphatic rings. The van der Waals surface area contributed by atoms with Crippen LogP contribution < -0.4 is 20.3 Å². The number of benzene rings is 2. The van der Waals surface area contributed by atoms with Crippen LogP contribution in [0.1, 0.15) is 49.6 Å². The molecule has 3 aromatic rings. The number of hydrogen-bond donors (Lipinski definition) is 2. The van der Waals surface area contributed by atoms with Crippen molar-refractivity contribution in [2.24, 2.45) is 0 Å². The molecule has 2 N–H and O–H groups in total. The third kappa shape index (κ3) is 5.82. The van der Waals surface area contributed by atoms with Crippen molar-refractivity contribution in [2.75, 3.05) is 13.7 Å². The van der Waals surface area contributed by atoms with Crippen LogP contribution in [0.4, 0.5) is 4.39 Å². The Morgan fingerprint density at radius 2 is 1.78 bits per heavy atom. The molecule has 0 unspecified atom stereocenters. The summed E-state index contributed by atoms with van der Waals surface area (Å²) in [6.45, 7) is 4.25. The number of ether oxygens (including phenoxy) is 2. The number of aromatic nitrogens is 1. The molecule has 0 spiro atoms. The van der Waals surface area contributed by atoms with Gasteiger partial charge in [0.05, 0.1) is 24.4 Å². The highest BCUT2D eigenvalue weighted by Gasteiger charge is 2.17. The van der Waals surface area contributed by atoms with Crippen LogP contribution in [0, 0.1) is 12.7 Å². The van der Waals surface area contributed by atoms with Crippen molar-refractivity contribution in [3.05, 3.63) is 75.0 Å².